The van der Waals surface area contributed by atoms with Crippen molar-refractivity contribution in [2.45, 2.75) is 19.9 Å². The second-order valence-electron chi connectivity index (χ2n) is 1.99. The molecule has 3 nitrogen and oxygen atoms in total. The number of carbonyl (C=O) groups is 1. The molecule has 0 spiro atoms. The molecule has 0 aromatic rings. The Morgan fingerprint density at radius 3 is 2.80 bits per heavy atom. The second-order valence-corrected chi connectivity index (χ2v) is 1.99. The van der Waals surface area contributed by atoms with E-state index in [-0.39, 0.29) is 5.97 Å². The van der Waals surface area contributed by atoms with Crippen molar-refractivity contribution in [3.05, 3.63) is 12.2 Å². The highest BCUT2D eigenvalue weighted by Gasteiger charge is 2.05. The molecule has 0 fully saturated rings. The average Bonchev–Trinajstić information content (AvgIpc) is 1.88. The van der Waals surface area contributed by atoms with Gasteiger partial charge in [-0.1, -0.05) is 12.2 Å². The third-order valence-electron chi connectivity index (χ3n) is 0.929. The molecule has 2 N–H and O–H groups in total. The predicted octanol–water partition coefficient (Wildman–Crippen LogP) is 0.453. The highest BCUT2D eigenvalue weighted by atomic mass is 16.5. The van der Waals surface area contributed by atoms with Gasteiger partial charge in [0.15, 0.2) is 0 Å². The lowest BCUT2D eigenvalue weighted by Crippen LogP contribution is -2.28. The minimum atomic E-state index is -0.523. The average molecular weight is 143 g/mol. The monoisotopic (exact) mass is 143 g/mol. The highest BCUT2D eigenvalue weighted by molar-refractivity contribution is 5.74. The molecule has 3 heteroatoms. The molecule has 0 saturated carbocycles. The van der Waals surface area contributed by atoms with Crippen LogP contribution in [0.3, 0.4) is 0 Å². The number of ether oxygens (including phenoxy) is 1. The van der Waals surface area contributed by atoms with Crippen LogP contribution in [0, 0.1) is 0 Å². The lowest BCUT2D eigenvalue weighted by atomic mass is 10.4. The summed E-state index contributed by atoms with van der Waals surface area (Å²) in [7, 11) is 0. The maximum absolute atomic E-state index is 10.6. The van der Waals surface area contributed by atoms with Crippen LogP contribution in [-0.4, -0.2) is 18.6 Å². The first-order valence-corrected chi connectivity index (χ1v) is 3.22. The molecule has 0 heterocycles. The summed E-state index contributed by atoms with van der Waals surface area (Å²) in [6.45, 7) is 3.77. The molecule has 0 aromatic heterocycles. The SMILES string of the molecule is CC=CCOC(=O)[C@H](C)N. The second kappa shape index (κ2) is 4.99. The molecule has 10 heavy (non-hydrogen) atoms. The number of rotatable bonds is 3. The zero-order chi connectivity index (χ0) is 7.98. The smallest absolute Gasteiger partial charge is 0.322 e. The van der Waals surface area contributed by atoms with Crippen molar-refractivity contribution in [1.29, 1.82) is 0 Å². The number of nitrogens with two attached hydrogens (primary N) is 1. The van der Waals surface area contributed by atoms with Gasteiger partial charge in [-0.15, -0.1) is 0 Å². The fourth-order valence-electron chi connectivity index (χ4n) is 0.358. The summed E-state index contributed by atoms with van der Waals surface area (Å²) in [6.07, 6.45) is 3.56. The summed E-state index contributed by atoms with van der Waals surface area (Å²) in [4.78, 5) is 10.6. The summed E-state index contributed by atoms with van der Waals surface area (Å²) in [5, 5.41) is 0. The normalized spacial score (nSPS) is 13.5. The van der Waals surface area contributed by atoms with Crippen LogP contribution in [0.25, 0.3) is 0 Å². The Bertz CT molecular complexity index is 130. The largest absolute Gasteiger partial charge is 0.460 e. The fraction of sp³-hybridized carbons (Fsp3) is 0.571. The van der Waals surface area contributed by atoms with E-state index in [1.807, 2.05) is 13.0 Å². The quantitative estimate of drug-likeness (QED) is 0.461. The minimum absolute atomic E-state index is 0.316. The van der Waals surface area contributed by atoms with E-state index in [1.165, 1.54) is 0 Å². The molecule has 0 saturated heterocycles. The van der Waals surface area contributed by atoms with Crippen LogP contribution in [0.1, 0.15) is 13.8 Å². The van der Waals surface area contributed by atoms with Crippen molar-refractivity contribution >= 4 is 5.97 Å². The topological polar surface area (TPSA) is 52.3 Å². The van der Waals surface area contributed by atoms with E-state index < -0.39 is 6.04 Å². The maximum atomic E-state index is 10.6. The molecular formula is C7H13NO2. The number of carbonyl (C=O) groups excluding carboxylic acids is 1. The molecule has 0 unspecified atom stereocenters. The van der Waals surface area contributed by atoms with E-state index in [2.05, 4.69) is 0 Å². The van der Waals surface area contributed by atoms with Gasteiger partial charge in [0, 0.05) is 0 Å². The highest BCUT2D eigenvalue weighted by Crippen LogP contribution is 1.83. The van der Waals surface area contributed by atoms with E-state index in [4.69, 9.17) is 10.5 Å². The summed E-state index contributed by atoms with van der Waals surface area (Å²) in [5.41, 5.74) is 5.22. The number of allylic oxidation sites excluding steroid dienone is 1. The van der Waals surface area contributed by atoms with Crippen LogP contribution in [-0.2, 0) is 9.53 Å². The van der Waals surface area contributed by atoms with E-state index in [0.29, 0.717) is 6.61 Å². The molecule has 0 amide bonds. The lowest BCUT2D eigenvalue weighted by molar-refractivity contribution is -0.143. The van der Waals surface area contributed by atoms with Crippen LogP contribution in [0.5, 0.6) is 0 Å². The zero-order valence-electron chi connectivity index (χ0n) is 6.33. The van der Waals surface area contributed by atoms with Crippen molar-refractivity contribution in [1.82, 2.24) is 0 Å². The summed E-state index contributed by atoms with van der Waals surface area (Å²) in [6, 6.07) is -0.523. The molecular weight excluding hydrogens is 130 g/mol. The van der Waals surface area contributed by atoms with Crippen LogP contribution in [0.4, 0.5) is 0 Å². The maximum Gasteiger partial charge on any atom is 0.322 e. The van der Waals surface area contributed by atoms with Gasteiger partial charge in [-0.25, -0.2) is 0 Å². The van der Waals surface area contributed by atoms with Crippen LogP contribution < -0.4 is 5.73 Å². The molecule has 0 aliphatic heterocycles. The van der Waals surface area contributed by atoms with E-state index >= 15 is 0 Å². The molecule has 0 aromatic carbocycles. The molecule has 58 valence electrons. The molecule has 0 aliphatic carbocycles. The van der Waals surface area contributed by atoms with Crippen LogP contribution >= 0.6 is 0 Å². The minimum Gasteiger partial charge on any atom is -0.460 e. The van der Waals surface area contributed by atoms with Crippen molar-refractivity contribution < 1.29 is 9.53 Å². The van der Waals surface area contributed by atoms with Gasteiger partial charge in [-0.2, -0.15) is 0 Å². The molecule has 0 radical (unpaired) electrons. The fourth-order valence-corrected chi connectivity index (χ4v) is 0.358. The summed E-state index contributed by atoms with van der Waals surface area (Å²) >= 11 is 0. The van der Waals surface area contributed by atoms with Gasteiger partial charge in [0.1, 0.15) is 12.6 Å². The Morgan fingerprint density at radius 1 is 1.80 bits per heavy atom. The van der Waals surface area contributed by atoms with Gasteiger partial charge >= 0.3 is 5.97 Å². The van der Waals surface area contributed by atoms with Gasteiger partial charge in [0.2, 0.25) is 0 Å². The Hall–Kier alpha value is -0.830. The standard InChI is InChI=1S/C7H13NO2/c1-3-4-5-10-7(9)6(2)8/h3-4,6H,5,8H2,1-2H3/t6-/m0/s1. The van der Waals surface area contributed by atoms with E-state index in [9.17, 15) is 4.79 Å². The van der Waals surface area contributed by atoms with E-state index in [1.54, 1.807) is 13.0 Å². The molecule has 1 atom stereocenters. The van der Waals surface area contributed by atoms with Gasteiger partial charge in [0.25, 0.3) is 0 Å². The van der Waals surface area contributed by atoms with Crippen LogP contribution in [0.15, 0.2) is 12.2 Å². The lowest BCUT2D eigenvalue weighted by Gasteiger charge is -2.02. The van der Waals surface area contributed by atoms with Gasteiger partial charge in [-0.05, 0) is 13.8 Å². The van der Waals surface area contributed by atoms with Crippen molar-refractivity contribution in [2.24, 2.45) is 5.73 Å². The van der Waals surface area contributed by atoms with Crippen molar-refractivity contribution in [2.75, 3.05) is 6.61 Å². The van der Waals surface area contributed by atoms with Crippen molar-refractivity contribution in [3.63, 3.8) is 0 Å². The molecule has 0 aliphatic rings. The number of hydrogen-bond acceptors (Lipinski definition) is 3. The molecule has 0 bridgehead atoms. The van der Waals surface area contributed by atoms with Gasteiger partial charge in [-0.3, -0.25) is 4.79 Å². The summed E-state index contributed by atoms with van der Waals surface area (Å²) in [5.74, 6) is -0.363. The first-order valence-electron chi connectivity index (χ1n) is 3.22. The summed E-state index contributed by atoms with van der Waals surface area (Å²) < 4.78 is 4.69. The van der Waals surface area contributed by atoms with Crippen molar-refractivity contribution in [3.8, 4) is 0 Å². The van der Waals surface area contributed by atoms with E-state index in [0.717, 1.165) is 0 Å². The van der Waals surface area contributed by atoms with Gasteiger partial charge in [0.05, 0.1) is 0 Å². The first-order chi connectivity index (χ1) is 4.68. The third-order valence-corrected chi connectivity index (χ3v) is 0.929. The third kappa shape index (κ3) is 4.09. The predicted molar refractivity (Wildman–Crippen MR) is 39.4 cm³/mol. The Labute approximate surface area is 60.9 Å². The van der Waals surface area contributed by atoms with Gasteiger partial charge < -0.3 is 10.5 Å². The number of esters is 1. The Morgan fingerprint density at radius 2 is 2.40 bits per heavy atom. The number of hydrogen-bond donors (Lipinski definition) is 1. The first kappa shape index (κ1) is 9.17. The Kier molecular flexibility index (Phi) is 4.58. The van der Waals surface area contributed by atoms with Crippen LogP contribution in [0.2, 0.25) is 0 Å². The molecule has 0 rings (SSSR count). The zero-order valence-corrected chi connectivity index (χ0v) is 6.33. The Balaban J connectivity index is 3.40.